The van der Waals surface area contributed by atoms with E-state index in [4.69, 9.17) is 0 Å². The number of halogens is 3. The van der Waals surface area contributed by atoms with Crippen molar-refractivity contribution in [2.45, 2.75) is 38.9 Å². The van der Waals surface area contributed by atoms with Crippen LogP contribution in [0.3, 0.4) is 0 Å². The molecule has 0 heterocycles. The third-order valence-electron chi connectivity index (χ3n) is 2.64. The van der Waals surface area contributed by atoms with Crippen molar-refractivity contribution in [2.75, 3.05) is 19.8 Å². The SMILES string of the molecule is CC1(C)CC1NCCCOCC(F)(F)F. The highest BCUT2D eigenvalue weighted by atomic mass is 19.4. The van der Waals surface area contributed by atoms with Gasteiger partial charge in [-0.3, -0.25) is 0 Å². The average Bonchev–Trinajstić information content (AvgIpc) is 2.64. The van der Waals surface area contributed by atoms with Crippen LogP contribution in [0.5, 0.6) is 0 Å². The first-order valence-electron chi connectivity index (χ1n) is 5.19. The summed E-state index contributed by atoms with van der Waals surface area (Å²) in [5.74, 6) is 0. The minimum absolute atomic E-state index is 0.166. The Bertz CT molecular complexity index is 203. The number of hydrogen-bond donors (Lipinski definition) is 1. The van der Waals surface area contributed by atoms with E-state index in [1.165, 1.54) is 0 Å². The van der Waals surface area contributed by atoms with Crippen LogP contribution in [0.4, 0.5) is 13.2 Å². The Kier molecular flexibility index (Phi) is 4.00. The van der Waals surface area contributed by atoms with Crippen molar-refractivity contribution in [1.82, 2.24) is 5.32 Å². The number of nitrogens with one attached hydrogen (secondary N) is 1. The summed E-state index contributed by atoms with van der Waals surface area (Å²) in [5, 5.41) is 3.28. The lowest BCUT2D eigenvalue weighted by atomic mass is 10.2. The van der Waals surface area contributed by atoms with Gasteiger partial charge in [-0.1, -0.05) is 13.8 Å². The van der Waals surface area contributed by atoms with E-state index in [2.05, 4.69) is 23.9 Å². The summed E-state index contributed by atoms with van der Waals surface area (Å²) in [4.78, 5) is 0. The summed E-state index contributed by atoms with van der Waals surface area (Å²) >= 11 is 0. The molecule has 0 saturated heterocycles. The Morgan fingerprint density at radius 1 is 1.40 bits per heavy atom. The Morgan fingerprint density at radius 3 is 2.47 bits per heavy atom. The molecule has 1 atom stereocenters. The van der Waals surface area contributed by atoms with Crippen molar-refractivity contribution < 1.29 is 17.9 Å². The second-order valence-electron chi connectivity index (χ2n) is 4.72. The molecule has 1 unspecified atom stereocenters. The highest BCUT2D eigenvalue weighted by Crippen LogP contribution is 2.44. The van der Waals surface area contributed by atoms with Gasteiger partial charge in [-0.2, -0.15) is 13.2 Å². The fourth-order valence-corrected chi connectivity index (χ4v) is 1.45. The molecule has 15 heavy (non-hydrogen) atoms. The summed E-state index contributed by atoms with van der Waals surface area (Å²) in [7, 11) is 0. The lowest BCUT2D eigenvalue weighted by Gasteiger charge is -2.08. The van der Waals surface area contributed by atoms with Crippen molar-refractivity contribution in [3.63, 3.8) is 0 Å². The molecule has 90 valence electrons. The molecule has 0 radical (unpaired) electrons. The van der Waals surface area contributed by atoms with Crippen molar-refractivity contribution in [3.8, 4) is 0 Å². The minimum atomic E-state index is -4.20. The zero-order valence-electron chi connectivity index (χ0n) is 9.16. The van der Waals surface area contributed by atoms with Crippen LogP contribution >= 0.6 is 0 Å². The monoisotopic (exact) mass is 225 g/mol. The predicted molar refractivity (Wildman–Crippen MR) is 51.7 cm³/mol. The second kappa shape index (κ2) is 4.70. The molecule has 0 aromatic heterocycles. The first-order valence-corrected chi connectivity index (χ1v) is 5.19. The van der Waals surface area contributed by atoms with Gasteiger partial charge >= 0.3 is 6.18 Å². The molecule has 1 rings (SSSR count). The second-order valence-corrected chi connectivity index (χ2v) is 4.72. The molecule has 1 aliphatic carbocycles. The van der Waals surface area contributed by atoms with E-state index in [9.17, 15) is 13.2 Å². The van der Waals surface area contributed by atoms with Crippen molar-refractivity contribution in [1.29, 1.82) is 0 Å². The van der Waals surface area contributed by atoms with Gasteiger partial charge in [0.2, 0.25) is 0 Å². The quantitative estimate of drug-likeness (QED) is 0.700. The summed E-state index contributed by atoms with van der Waals surface area (Å²) < 4.78 is 39.5. The lowest BCUT2D eigenvalue weighted by Crippen LogP contribution is -2.24. The topological polar surface area (TPSA) is 21.3 Å². The van der Waals surface area contributed by atoms with Crippen LogP contribution in [-0.4, -0.2) is 32.0 Å². The van der Waals surface area contributed by atoms with Crippen LogP contribution in [0.15, 0.2) is 0 Å². The van der Waals surface area contributed by atoms with E-state index in [1.807, 2.05) is 0 Å². The van der Waals surface area contributed by atoms with Crippen LogP contribution in [0.1, 0.15) is 26.7 Å². The van der Waals surface area contributed by atoms with E-state index in [0.29, 0.717) is 17.9 Å². The zero-order valence-corrected chi connectivity index (χ0v) is 9.16. The third kappa shape index (κ3) is 5.37. The van der Waals surface area contributed by atoms with Gasteiger partial charge in [-0.15, -0.1) is 0 Å². The summed E-state index contributed by atoms with van der Waals surface area (Å²) in [6.07, 6.45) is -2.43. The molecule has 2 nitrogen and oxygen atoms in total. The third-order valence-corrected chi connectivity index (χ3v) is 2.64. The molecule has 0 aliphatic heterocycles. The fraction of sp³-hybridized carbons (Fsp3) is 1.00. The van der Waals surface area contributed by atoms with Crippen LogP contribution < -0.4 is 5.32 Å². The Hall–Kier alpha value is -0.290. The molecule has 0 spiro atoms. The Morgan fingerprint density at radius 2 is 2.00 bits per heavy atom. The summed E-state index contributed by atoms with van der Waals surface area (Å²) in [5.41, 5.74) is 0.368. The number of alkyl halides is 3. The lowest BCUT2D eigenvalue weighted by molar-refractivity contribution is -0.173. The van der Waals surface area contributed by atoms with E-state index in [-0.39, 0.29) is 6.61 Å². The molecule has 0 aromatic rings. The Balaban J connectivity index is 1.86. The molecule has 1 N–H and O–H groups in total. The molecule has 0 amide bonds. The zero-order chi connectivity index (χ0) is 11.5. The first kappa shape index (κ1) is 12.8. The van der Waals surface area contributed by atoms with Gasteiger partial charge in [0.1, 0.15) is 6.61 Å². The van der Waals surface area contributed by atoms with Gasteiger partial charge in [0.15, 0.2) is 0 Å². The number of hydrogen-bond acceptors (Lipinski definition) is 2. The van der Waals surface area contributed by atoms with Crippen molar-refractivity contribution in [3.05, 3.63) is 0 Å². The maximum absolute atomic E-state index is 11.7. The molecule has 1 fully saturated rings. The van der Waals surface area contributed by atoms with Gasteiger partial charge in [-0.05, 0) is 24.8 Å². The maximum Gasteiger partial charge on any atom is 0.411 e. The van der Waals surface area contributed by atoms with Crippen molar-refractivity contribution in [2.24, 2.45) is 5.41 Å². The minimum Gasteiger partial charge on any atom is -0.372 e. The van der Waals surface area contributed by atoms with E-state index < -0.39 is 12.8 Å². The number of rotatable bonds is 6. The molecular formula is C10H18F3NO. The fourth-order valence-electron chi connectivity index (χ4n) is 1.45. The van der Waals surface area contributed by atoms with Gasteiger partial charge < -0.3 is 10.1 Å². The smallest absolute Gasteiger partial charge is 0.372 e. The van der Waals surface area contributed by atoms with E-state index >= 15 is 0 Å². The van der Waals surface area contributed by atoms with Crippen LogP contribution in [0.2, 0.25) is 0 Å². The van der Waals surface area contributed by atoms with Crippen molar-refractivity contribution >= 4 is 0 Å². The predicted octanol–water partition coefficient (Wildman–Crippen LogP) is 2.34. The van der Waals surface area contributed by atoms with Crippen LogP contribution in [0, 0.1) is 5.41 Å². The van der Waals surface area contributed by atoms with Crippen LogP contribution in [-0.2, 0) is 4.74 Å². The molecule has 5 heteroatoms. The average molecular weight is 225 g/mol. The van der Waals surface area contributed by atoms with Crippen LogP contribution in [0.25, 0.3) is 0 Å². The first-order chi connectivity index (χ1) is 6.81. The summed E-state index contributed by atoms with van der Waals surface area (Å²) in [6.45, 7) is 4.10. The van der Waals surface area contributed by atoms with Gasteiger partial charge in [0.25, 0.3) is 0 Å². The van der Waals surface area contributed by atoms with Gasteiger partial charge in [-0.25, -0.2) is 0 Å². The molecule has 1 saturated carbocycles. The van der Waals surface area contributed by atoms with Gasteiger partial charge in [0, 0.05) is 12.6 Å². The molecule has 0 bridgehead atoms. The number of ether oxygens (including phenoxy) is 1. The molecule has 0 aromatic carbocycles. The summed E-state index contributed by atoms with van der Waals surface area (Å²) in [6, 6.07) is 0.528. The van der Waals surface area contributed by atoms with E-state index in [0.717, 1.165) is 13.0 Å². The molecule has 1 aliphatic rings. The standard InChI is InChI=1S/C10H18F3NO/c1-9(2)6-8(9)14-4-3-5-15-7-10(11,12)13/h8,14H,3-7H2,1-2H3. The maximum atomic E-state index is 11.7. The van der Waals surface area contributed by atoms with Gasteiger partial charge in [0.05, 0.1) is 0 Å². The largest absolute Gasteiger partial charge is 0.411 e. The Labute approximate surface area is 88.2 Å². The highest BCUT2D eigenvalue weighted by Gasteiger charge is 2.44. The molecular weight excluding hydrogens is 207 g/mol. The normalized spacial score (nSPS) is 24.2. The van der Waals surface area contributed by atoms with E-state index in [1.54, 1.807) is 0 Å². The highest BCUT2D eigenvalue weighted by molar-refractivity contribution is 5.01.